The summed E-state index contributed by atoms with van der Waals surface area (Å²) in [5, 5.41) is 2.60. The number of rotatable bonds is 15. The van der Waals surface area contributed by atoms with E-state index in [2.05, 4.69) is 19.2 Å². The van der Waals surface area contributed by atoms with Gasteiger partial charge in [-0.3, -0.25) is 9.59 Å². The first-order valence-corrected chi connectivity index (χ1v) is 11.4. The zero-order chi connectivity index (χ0) is 21.0. The minimum absolute atomic E-state index is 0. The summed E-state index contributed by atoms with van der Waals surface area (Å²) in [6, 6.07) is 0. The molecule has 0 radical (unpaired) electrons. The lowest BCUT2D eigenvalue weighted by Crippen LogP contribution is -2.21. The fourth-order valence-electron chi connectivity index (χ4n) is 3.11. The second-order valence-electron chi connectivity index (χ2n) is 8.23. The number of amides is 1. The lowest BCUT2D eigenvalue weighted by atomic mass is 9.83. The first-order chi connectivity index (χ1) is 13.5. The van der Waals surface area contributed by atoms with Gasteiger partial charge in [-0.25, -0.2) is 0 Å². The van der Waals surface area contributed by atoms with Crippen molar-refractivity contribution in [2.75, 3.05) is 33.0 Å². The zero-order valence-electron chi connectivity index (χ0n) is 18.8. The zero-order valence-corrected chi connectivity index (χ0v) is 18.8. The lowest BCUT2D eigenvalue weighted by molar-refractivity contribution is -0.126. The molecule has 1 unspecified atom stereocenters. The Morgan fingerprint density at radius 1 is 1.04 bits per heavy atom. The molecular weight excluding hydrogens is 354 g/mol. The summed E-state index contributed by atoms with van der Waals surface area (Å²) >= 11 is 0. The van der Waals surface area contributed by atoms with Crippen LogP contribution in [0.2, 0.25) is 0 Å². The largest absolute Gasteiger partial charge is 0.381 e. The Balaban J connectivity index is 0. The molecule has 28 heavy (non-hydrogen) atoms. The van der Waals surface area contributed by atoms with E-state index in [0.29, 0.717) is 37.2 Å². The molecule has 168 valence electrons. The van der Waals surface area contributed by atoms with Crippen LogP contribution >= 0.6 is 0 Å². The second-order valence-corrected chi connectivity index (χ2v) is 8.23. The number of ether oxygens (including phenoxy) is 2. The molecule has 0 aromatic heterocycles. The molecule has 0 spiro atoms. The van der Waals surface area contributed by atoms with E-state index in [-0.39, 0.29) is 7.34 Å². The Bertz CT molecular complexity index is 374. The van der Waals surface area contributed by atoms with Crippen LogP contribution < -0.4 is 5.32 Å². The summed E-state index contributed by atoms with van der Waals surface area (Å²) in [6.45, 7) is 12.3. The summed E-state index contributed by atoms with van der Waals surface area (Å²) in [5.74, 6) is 1.81. The van der Waals surface area contributed by atoms with Crippen LogP contribution in [0, 0.1) is 17.8 Å². The van der Waals surface area contributed by atoms with Gasteiger partial charge < -0.3 is 14.8 Å². The van der Waals surface area contributed by atoms with E-state index in [1.54, 1.807) is 0 Å². The number of hydrogen-bond donors (Lipinski definition) is 1. The van der Waals surface area contributed by atoms with E-state index in [0.717, 1.165) is 51.9 Å². The fraction of sp³-hybridized carbons (Fsp3) is 0.913. The van der Waals surface area contributed by atoms with E-state index in [4.69, 9.17) is 9.47 Å². The van der Waals surface area contributed by atoms with Crippen molar-refractivity contribution >= 4 is 12.2 Å². The predicted molar refractivity (Wildman–Crippen MR) is 118 cm³/mol. The fourth-order valence-corrected chi connectivity index (χ4v) is 3.11. The van der Waals surface area contributed by atoms with Gasteiger partial charge in [-0.05, 0) is 38.0 Å². The van der Waals surface area contributed by atoms with E-state index in [1.807, 2.05) is 13.8 Å². The summed E-state index contributed by atoms with van der Waals surface area (Å²) in [4.78, 5) is 21.4. The van der Waals surface area contributed by atoms with Crippen LogP contribution in [0.25, 0.3) is 0 Å². The van der Waals surface area contributed by atoms with Crippen molar-refractivity contribution in [1.82, 2.24) is 5.32 Å². The molecule has 1 aliphatic carbocycles. The number of nitrogens with one attached hydrogen (secondary N) is 1. The normalized spacial score (nSPS) is 15.6. The third-order valence-electron chi connectivity index (χ3n) is 5.20. The molecule has 0 aliphatic heterocycles. The Morgan fingerprint density at radius 3 is 2.21 bits per heavy atom. The molecule has 1 amide bonds. The lowest BCUT2D eigenvalue weighted by Gasteiger charge is -2.21. The highest BCUT2D eigenvalue weighted by Gasteiger charge is 2.22. The minimum atomic E-state index is 0. The van der Waals surface area contributed by atoms with Crippen molar-refractivity contribution in [2.45, 2.75) is 85.5 Å². The van der Waals surface area contributed by atoms with E-state index < -0.39 is 0 Å². The van der Waals surface area contributed by atoms with E-state index >= 15 is 0 Å². The molecule has 1 N–H and O–H groups in total. The van der Waals surface area contributed by atoms with Gasteiger partial charge in [0.1, 0.15) is 5.78 Å². The molecule has 0 heterocycles. The van der Waals surface area contributed by atoms with Crippen molar-refractivity contribution in [1.29, 1.82) is 0 Å². The van der Waals surface area contributed by atoms with Crippen LogP contribution in [-0.4, -0.2) is 45.2 Å². The van der Waals surface area contributed by atoms with Crippen LogP contribution in [0.1, 0.15) is 86.9 Å². The average Bonchev–Trinajstić information content (AvgIpc) is 2.72. The maximum absolute atomic E-state index is 11.5. The SMILES string of the molecule is CC(C)C(=O)C1CCCCC1.CCC(C)COCCCCOCCCNC=O.[HH]. The first kappa shape index (κ1) is 27.1. The van der Waals surface area contributed by atoms with Crippen molar-refractivity contribution in [2.24, 2.45) is 17.8 Å². The van der Waals surface area contributed by atoms with Gasteiger partial charge in [0.25, 0.3) is 0 Å². The molecule has 0 bridgehead atoms. The molecule has 1 aliphatic rings. The van der Waals surface area contributed by atoms with Crippen LogP contribution in [0.15, 0.2) is 0 Å². The highest BCUT2D eigenvalue weighted by Crippen LogP contribution is 2.26. The van der Waals surface area contributed by atoms with E-state index in [1.165, 1.54) is 25.7 Å². The number of unbranched alkanes of at least 4 members (excludes halogenated alkanes) is 1. The number of Topliss-reactive ketones (excluding diaryl/α,β-unsaturated/α-hetero) is 1. The van der Waals surface area contributed by atoms with Gasteiger partial charge in [-0.1, -0.05) is 53.4 Å². The molecule has 5 nitrogen and oxygen atoms in total. The minimum Gasteiger partial charge on any atom is -0.381 e. The Hall–Kier alpha value is -0.940. The maximum atomic E-state index is 11.5. The summed E-state index contributed by atoms with van der Waals surface area (Å²) in [5.41, 5.74) is 0. The first-order valence-electron chi connectivity index (χ1n) is 11.4. The highest BCUT2D eigenvalue weighted by molar-refractivity contribution is 5.82. The van der Waals surface area contributed by atoms with Crippen LogP contribution in [-0.2, 0) is 19.1 Å². The summed E-state index contributed by atoms with van der Waals surface area (Å²) in [7, 11) is 0. The van der Waals surface area contributed by atoms with Crippen molar-refractivity contribution < 1.29 is 20.5 Å². The summed E-state index contributed by atoms with van der Waals surface area (Å²) in [6.07, 6.45) is 11.0. The predicted octanol–water partition coefficient (Wildman–Crippen LogP) is 5.02. The van der Waals surface area contributed by atoms with E-state index in [9.17, 15) is 9.59 Å². The number of carbonyl (C=O) groups is 2. The molecule has 0 aromatic carbocycles. The van der Waals surface area contributed by atoms with Crippen LogP contribution in [0.3, 0.4) is 0 Å². The highest BCUT2D eigenvalue weighted by atomic mass is 16.5. The van der Waals surface area contributed by atoms with Gasteiger partial charge in [0.15, 0.2) is 0 Å². The van der Waals surface area contributed by atoms with Crippen LogP contribution in [0.4, 0.5) is 0 Å². The third-order valence-corrected chi connectivity index (χ3v) is 5.20. The molecule has 1 rings (SSSR count). The summed E-state index contributed by atoms with van der Waals surface area (Å²) < 4.78 is 11.0. The smallest absolute Gasteiger partial charge is 0.207 e. The Labute approximate surface area is 174 Å². The molecule has 5 heteroatoms. The number of ketones is 1. The molecular formula is C23H47NO4. The molecule has 0 saturated heterocycles. The van der Waals surface area contributed by atoms with Crippen molar-refractivity contribution in [3.63, 3.8) is 0 Å². The topological polar surface area (TPSA) is 64.6 Å². The van der Waals surface area contributed by atoms with Crippen molar-refractivity contribution in [3.8, 4) is 0 Å². The maximum Gasteiger partial charge on any atom is 0.207 e. The number of carbonyl (C=O) groups excluding carboxylic acids is 2. The number of hydrogen-bond acceptors (Lipinski definition) is 4. The Kier molecular flexibility index (Phi) is 18.7. The second kappa shape index (κ2) is 19.4. The molecule has 1 saturated carbocycles. The van der Waals surface area contributed by atoms with Gasteiger partial charge in [-0.2, -0.15) is 0 Å². The standard InChI is InChI=1S/C13H27NO3.C10H18O.H2/c1-3-13(2)11-17-9-5-4-8-16-10-6-7-14-12-15;1-8(2)10(11)9-6-4-3-5-7-9;/h12-13H,3-11H2,1-2H3,(H,14,15);8-9H,3-7H2,1-2H3;1H. The monoisotopic (exact) mass is 401 g/mol. The van der Waals surface area contributed by atoms with Crippen LogP contribution in [0.5, 0.6) is 0 Å². The van der Waals surface area contributed by atoms with Gasteiger partial charge in [-0.15, -0.1) is 0 Å². The van der Waals surface area contributed by atoms with Gasteiger partial charge >= 0.3 is 0 Å². The Morgan fingerprint density at radius 2 is 1.64 bits per heavy atom. The molecule has 0 aromatic rings. The quantitative estimate of drug-likeness (QED) is 0.309. The van der Waals surface area contributed by atoms with Crippen molar-refractivity contribution in [3.05, 3.63) is 0 Å². The van der Waals surface area contributed by atoms with Gasteiger partial charge in [0, 0.05) is 46.2 Å². The van der Waals surface area contributed by atoms with Gasteiger partial charge in [0.05, 0.1) is 0 Å². The third kappa shape index (κ3) is 16.1. The average molecular weight is 402 g/mol. The van der Waals surface area contributed by atoms with Gasteiger partial charge in [0.2, 0.25) is 6.41 Å². The molecule has 1 atom stereocenters. The molecule has 1 fully saturated rings.